The van der Waals surface area contributed by atoms with Gasteiger partial charge >= 0.3 is 0 Å². The minimum atomic E-state index is -0.163. The Morgan fingerprint density at radius 3 is 2.22 bits per heavy atom. The van der Waals surface area contributed by atoms with Crippen LogP contribution in [-0.2, 0) is 0 Å². The maximum Gasteiger partial charge on any atom is 0.268 e. The van der Waals surface area contributed by atoms with Crippen LogP contribution in [0.1, 0.15) is 10.4 Å². The first-order valence-corrected chi connectivity index (χ1v) is 5.85. The van der Waals surface area contributed by atoms with Gasteiger partial charge in [-0.05, 0) is 36.4 Å². The number of methoxy groups -OCH3 is 1. The number of hydrogen-bond acceptors (Lipinski definition) is 3. The summed E-state index contributed by atoms with van der Waals surface area (Å²) in [5.41, 5.74) is 1.30. The van der Waals surface area contributed by atoms with E-state index in [2.05, 4.69) is 12.8 Å². The minimum absolute atomic E-state index is 0.163. The van der Waals surface area contributed by atoms with Crippen LogP contribution >= 0.6 is 12.8 Å². The Morgan fingerprint density at radius 1 is 1.06 bits per heavy atom. The molecule has 0 bridgehead atoms. The molecule has 0 fully saturated rings. The van der Waals surface area contributed by atoms with E-state index < -0.39 is 0 Å². The van der Waals surface area contributed by atoms with Crippen molar-refractivity contribution in [2.75, 3.05) is 11.4 Å². The summed E-state index contributed by atoms with van der Waals surface area (Å²) >= 11 is 4.23. The van der Waals surface area contributed by atoms with Crippen LogP contribution in [-0.4, -0.2) is 13.0 Å². The summed E-state index contributed by atoms with van der Waals surface area (Å²) in [6.45, 7) is 0. The Balaban J connectivity index is 2.20. The van der Waals surface area contributed by atoms with E-state index in [4.69, 9.17) is 4.74 Å². The first-order valence-electron chi connectivity index (χ1n) is 5.45. The molecule has 0 aliphatic heterocycles. The van der Waals surface area contributed by atoms with E-state index in [1.165, 1.54) is 4.31 Å². The fraction of sp³-hybridized carbons (Fsp3) is 0.0714. The molecule has 0 aromatic heterocycles. The number of hydrogen-bond donors (Lipinski definition) is 1. The highest BCUT2D eigenvalue weighted by atomic mass is 32.1. The lowest BCUT2D eigenvalue weighted by atomic mass is 10.2. The van der Waals surface area contributed by atoms with E-state index in [1.54, 1.807) is 43.5 Å². The highest BCUT2D eigenvalue weighted by Gasteiger charge is 2.13. The fourth-order valence-corrected chi connectivity index (χ4v) is 1.79. The predicted molar refractivity (Wildman–Crippen MR) is 75.2 cm³/mol. The van der Waals surface area contributed by atoms with Gasteiger partial charge in [0.1, 0.15) is 5.75 Å². The van der Waals surface area contributed by atoms with Crippen LogP contribution in [0.15, 0.2) is 54.6 Å². The molecule has 2 rings (SSSR count). The van der Waals surface area contributed by atoms with Crippen molar-refractivity contribution in [2.24, 2.45) is 0 Å². The van der Waals surface area contributed by atoms with E-state index in [1.807, 2.05) is 18.2 Å². The number of carbonyl (C=O) groups is 1. The molecule has 2 aromatic rings. The third-order valence-corrected chi connectivity index (χ3v) is 2.94. The third-order valence-electron chi connectivity index (χ3n) is 2.53. The highest BCUT2D eigenvalue weighted by molar-refractivity contribution is 7.82. The molecule has 0 spiro atoms. The normalized spacial score (nSPS) is 9.89. The van der Waals surface area contributed by atoms with E-state index in [-0.39, 0.29) is 5.91 Å². The number of carbonyl (C=O) groups excluding carboxylic acids is 1. The van der Waals surface area contributed by atoms with E-state index in [0.29, 0.717) is 11.3 Å². The number of anilines is 1. The smallest absolute Gasteiger partial charge is 0.268 e. The number of benzene rings is 2. The second kappa shape index (κ2) is 5.60. The van der Waals surface area contributed by atoms with Crippen LogP contribution in [0, 0.1) is 0 Å². The summed E-state index contributed by atoms with van der Waals surface area (Å²) in [5, 5.41) is 0. The molecule has 0 aliphatic carbocycles. The zero-order valence-electron chi connectivity index (χ0n) is 9.91. The Hall–Kier alpha value is -1.94. The molecule has 0 heterocycles. The Kier molecular flexibility index (Phi) is 3.89. The highest BCUT2D eigenvalue weighted by Crippen LogP contribution is 2.22. The summed E-state index contributed by atoms with van der Waals surface area (Å²) in [6, 6.07) is 16.2. The van der Waals surface area contributed by atoms with Gasteiger partial charge in [0.15, 0.2) is 0 Å². The molecule has 18 heavy (non-hydrogen) atoms. The second-order valence-corrected chi connectivity index (χ2v) is 4.08. The van der Waals surface area contributed by atoms with Crippen molar-refractivity contribution in [1.29, 1.82) is 0 Å². The number of ether oxygens (including phenoxy) is 1. The zero-order chi connectivity index (χ0) is 13.0. The maximum absolute atomic E-state index is 12.1. The van der Waals surface area contributed by atoms with Crippen LogP contribution in [0.25, 0.3) is 0 Å². The molecule has 3 nitrogen and oxygen atoms in total. The van der Waals surface area contributed by atoms with Gasteiger partial charge in [-0.15, -0.1) is 0 Å². The topological polar surface area (TPSA) is 29.5 Å². The van der Waals surface area contributed by atoms with Crippen molar-refractivity contribution >= 4 is 24.4 Å². The van der Waals surface area contributed by atoms with Crippen molar-refractivity contribution in [2.45, 2.75) is 0 Å². The number of nitrogens with zero attached hydrogens (tertiary/aromatic N) is 1. The monoisotopic (exact) mass is 259 g/mol. The molecule has 0 unspecified atom stereocenters. The lowest BCUT2D eigenvalue weighted by Gasteiger charge is -2.16. The van der Waals surface area contributed by atoms with Gasteiger partial charge in [0.25, 0.3) is 5.91 Å². The van der Waals surface area contributed by atoms with Gasteiger partial charge in [-0.25, -0.2) is 0 Å². The molecule has 0 atom stereocenters. The second-order valence-electron chi connectivity index (χ2n) is 3.68. The average molecular weight is 259 g/mol. The van der Waals surface area contributed by atoms with Gasteiger partial charge in [0, 0.05) is 5.56 Å². The molecule has 1 amide bonds. The SMILES string of the molecule is COc1ccc(N(S)C(=O)c2ccccc2)cc1. The van der Waals surface area contributed by atoms with E-state index in [9.17, 15) is 4.79 Å². The van der Waals surface area contributed by atoms with Gasteiger partial charge < -0.3 is 4.74 Å². The summed E-state index contributed by atoms with van der Waals surface area (Å²) < 4.78 is 6.38. The predicted octanol–water partition coefficient (Wildman–Crippen LogP) is 3.19. The molecule has 92 valence electrons. The lowest BCUT2D eigenvalue weighted by Crippen LogP contribution is -2.20. The maximum atomic E-state index is 12.1. The van der Waals surface area contributed by atoms with Crippen molar-refractivity contribution in [3.05, 3.63) is 60.2 Å². The minimum Gasteiger partial charge on any atom is -0.497 e. The quantitative estimate of drug-likeness (QED) is 0.858. The lowest BCUT2D eigenvalue weighted by molar-refractivity contribution is 0.101. The zero-order valence-corrected chi connectivity index (χ0v) is 10.8. The number of thiol groups is 1. The fourth-order valence-electron chi connectivity index (χ4n) is 1.54. The number of rotatable bonds is 3. The Bertz CT molecular complexity index is 525. The summed E-state index contributed by atoms with van der Waals surface area (Å²) in [5.74, 6) is 0.580. The summed E-state index contributed by atoms with van der Waals surface area (Å²) in [7, 11) is 1.60. The molecule has 0 aliphatic rings. The molecule has 0 radical (unpaired) electrons. The molecular weight excluding hydrogens is 246 g/mol. The average Bonchev–Trinajstić information content (AvgIpc) is 2.47. The number of amides is 1. The van der Waals surface area contributed by atoms with E-state index >= 15 is 0 Å². The van der Waals surface area contributed by atoms with Gasteiger partial charge in [0.05, 0.1) is 12.8 Å². The van der Waals surface area contributed by atoms with Gasteiger partial charge in [-0.1, -0.05) is 31.0 Å². The van der Waals surface area contributed by atoms with Crippen molar-refractivity contribution in [3.8, 4) is 5.75 Å². The largest absolute Gasteiger partial charge is 0.497 e. The van der Waals surface area contributed by atoms with Gasteiger partial charge in [0.2, 0.25) is 0 Å². The van der Waals surface area contributed by atoms with Crippen molar-refractivity contribution < 1.29 is 9.53 Å². The molecule has 2 aromatic carbocycles. The van der Waals surface area contributed by atoms with Crippen LogP contribution in [0.5, 0.6) is 5.75 Å². The molecular formula is C14H13NO2S. The Morgan fingerprint density at radius 2 is 1.67 bits per heavy atom. The van der Waals surface area contributed by atoms with Crippen LogP contribution in [0.4, 0.5) is 5.69 Å². The van der Waals surface area contributed by atoms with Crippen LogP contribution < -0.4 is 9.04 Å². The molecule has 4 heteroatoms. The molecule has 0 saturated heterocycles. The van der Waals surface area contributed by atoms with Gasteiger partial charge in [-0.3, -0.25) is 9.10 Å². The van der Waals surface area contributed by atoms with Gasteiger partial charge in [-0.2, -0.15) is 0 Å². The Labute approximate surface area is 112 Å². The standard InChI is InChI=1S/C14H13NO2S/c1-17-13-9-7-12(8-10-13)15(18)14(16)11-5-3-2-4-6-11/h2-10,18H,1H3. The van der Waals surface area contributed by atoms with Crippen LogP contribution in [0.2, 0.25) is 0 Å². The van der Waals surface area contributed by atoms with Crippen LogP contribution in [0.3, 0.4) is 0 Å². The first-order chi connectivity index (χ1) is 8.72. The summed E-state index contributed by atoms with van der Waals surface area (Å²) in [6.07, 6.45) is 0. The summed E-state index contributed by atoms with van der Waals surface area (Å²) in [4.78, 5) is 12.1. The third kappa shape index (κ3) is 2.65. The van der Waals surface area contributed by atoms with E-state index in [0.717, 1.165) is 5.75 Å². The van der Waals surface area contributed by atoms with Crippen molar-refractivity contribution in [1.82, 2.24) is 0 Å². The van der Waals surface area contributed by atoms with Crippen molar-refractivity contribution in [3.63, 3.8) is 0 Å². The molecule has 0 N–H and O–H groups in total. The molecule has 0 saturated carbocycles. The first kappa shape index (κ1) is 12.5.